The third-order valence-electron chi connectivity index (χ3n) is 5.38. The topological polar surface area (TPSA) is 70.4 Å². The molecular formula is C28H21F3N2O4. The maximum atomic E-state index is 13.6. The third-order valence-corrected chi connectivity index (χ3v) is 5.38. The zero-order chi connectivity index (χ0) is 26.6. The van der Waals surface area contributed by atoms with Crippen molar-refractivity contribution >= 4 is 34.0 Å². The molecule has 6 nitrogen and oxygen atoms in total. The smallest absolute Gasteiger partial charge is 0.406 e. The van der Waals surface area contributed by atoms with Crippen molar-refractivity contribution < 1.29 is 32.2 Å². The molecule has 0 aliphatic rings. The minimum atomic E-state index is -4.83. The fourth-order valence-electron chi connectivity index (χ4n) is 3.90. The molecule has 0 saturated heterocycles. The van der Waals surface area contributed by atoms with E-state index >= 15 is 0 Å². The molecule has 0 fully saturated rings. The van der Waals surface area contributed by atoms with Gasteiger partial charge >= 0.3 is 6.36 Å². The summed E-state index contributed by atoms with van der Waals surface area (Å²) in [5, 5.41) is 1.83. The molecule has 0 aliphatic carbocycles. The van der Waals surface area contributed by atoms with E-state index in [1.165, 1.54) is 16.7 Å². The Morgan fingerprint density at radius 1 is 0.919 bits per heavy atom. The van der Waals surface area contributed by atoms with Gasteiger partial charge in [-0.1, -0.05) is 42.5 Å². The molecule has 0 saturated carbocycles. The quantitative estimate of drug-likeness (QED) is 0.260. The van der Waals surface area contributed by atoms with Crippen molar-refractivity contribution in [2.75, 3.05) is 14.2 Å². The second kappa shape index (κ2) is 10.6. The summed E-state index contributed by atoms with van der Waals surface area (Å²) in [6.45, 7) is 0. The van der Waals surface area contributed by atoms with Gasteiger partial charge in [-0.3, -0.25) is 14.2 Å². The molecule has 1 heterocycles. The monoisotopic (exact) mass is 506 g/mol. The van der Waals surface area contributed by atoms with E-state index in [4.69, 9.17) is 0 Å². The van der Waals surface area contributed by atoms with Crippen LogP contribution in [0.15, 0.2) is 84.9 Å². The van der Waals surface area contributed by atoms with Crippen molar-refractivity contribution in [2.45, 2.75) is 6.36 Å². The molecule has 0 bridgehead atoms. The summed E-state index contributed by atoms with van der Waals surface area (Å²) in [6.07, 6.45) is -4.17. The Kier molecular flexibility index (Phi) is 7.35. The van der Waals surface area contributed by atoms with Gasteiger partial charge in [0.15, 0.2) is 0 Å². The van der Waals surface area contributed by atoms with Crippen molar-refractivity contribution in [1.82, 2.24) is 9.55 Å². The number of benzene rings is 4. The number of ether oxygens (including phenoxy) is 2. The largest absolute Gasteiger partial charge is 0.573 e. The van der Waals surface area contributed by atoms with Crippen LogP contribution >= 0.6 is 0 Å². The number of aromatic nitrogens is 2. The summed E-state index contributed by atoms with van der Waals surface area (Å²) >= 11 is 0. The summed E-state index contributed by atoms with van der Waals surface area (Å²) in [4.78, 5) is 29.7. The Morgan fingerprint density at radius 2 is 1.59 bits per heavy atom. The lowest BCUT2D eigenvalue weighted by atomic mass is 10.0. The molecule has 1 aromatic heterocycles. The highest BCUT2D eigenvalue weighted by Gasteiger charge is 2.31. The molecule has 4 aromatic carbocycles. The Labute approximate surface area is 209 Å². The minimum absolute atomic E-state index is 0.131. The number of imidazole rings is 1. The van der Waals surface area contributed by atoms with Crippen LogP contribution in [0.1, 0.15) is 20.7 Å². The zero-order valence-electron chi connectivity index (χ0n) is 19.8. The van der Waals surface area contributed by atoms with E-state index in [9.17, 15) is 22.8 Å². The van der Waals surface area contributed by atoms with Crippen LogP contribution in [0, 0.1) is 0 Å². The van der Waals surface area contributed by atoms with Gasteiger partial charge in [-0.05, 0) is 53.2 Å². The number of methoxy groups -OCH3 is 1. The number of fused-ring (bicyclic) bond motifs is 2. The molecule has 0 atom stereocenters. The number of halogens is 3. The highest BCUT2D eigenvalue weighted by Crippen LogP contribution is 2.32. The summed E-state index contributed by atoms with van der Waals surface area (Å²) in [5.74, 6) is -0.584. The van der Waals surface area contributed by atoms with Crippen molar-refractivity contribution in [3.63, 3.8) is 0 Å². The van der Waals surface area contributed by atoms with Gasteiger partial charge in [0, 0.05) is 30.9 Å². The first-order chi connectivity index (χ1) is 17.8. The van der Waals surface area contributed by atoms with Crippen LogP contribution in [-0.2, 0) is 4.74 Å². The predicted molar refractivity (Wildman–Crippen MR) is 134 cm³/mol. The maximum Gasteiger partial charge on any atom is 0.573 e. The second-order valence-corrected chi connectivity index (χ2v) is 7.95. The number of rotatable bonds is 4. The first kappa shape index (κ1) is 25.6. The van der Waals surface area contributed by atoms with Gasteiger partial charge in [-0.2, -0.15) is 0 Å². The standard InChI is InChI=1S/C26H15F3N2O3.C2H6O/c27-26(28,29)34-19-11-9-18(10-12-19)25(33)31-23-14-16(15-32)8-13-22(23)30-24(31)21-7-3-5-17-4-1-2-6-20(17)21;1-3-2/h1-15H;1-2H3. The van der Waals surface area contributed by atoms with Crippen molar-refractivity contribution in [2.24, 2.45) is 0 Å². The SMILES string of the molecule is COC.O=Cc1ccc2nc(-c3cccc4ccccc34)n(C(=O)c3ccc(OC(F)(F)F)cc3)c2c1. The zero-order valence-corrected chi connectivity index (χ0v) is 19.8. The van der Waals surface area contributed by atoms with Crippen LogP contribution in [0.4, 0.5) is 13.2 Å². The molecular weight excluding hydrogens is 485 g/mol. The van der Waals surface area contributed by atoms with Crippen LogP contribution in [0.5, 0.6) is 5.75 Å². The molecule has 0 N–H and O–H groups in total. The van der Waals surface area contributed by atoms with Gasteiger partial charge in [0.1, 0.15) is 17.9 Å². The maximum absolute atomic E-state index is 13.6. The van der Waals surface area contributed by atoms with E-state index in [-0.39, 0.29) is 5.56 Å². The van der Waals surface area contributed by atoms with Crippen LogP contribution < -0.4 is 4.74 Å². The van der Waals surface area contributed by atoms with Gasteiger partial charge < -0.3 is 9.47 Å². The van der Waals surface area contributed by atoms with Gasteiger partial charge in [-0.15, -0.1) is 13.2 Å². The van der Waals surface area contributed by atoms with Crippen LogP contribution in [0.3, 0.4) is 0 Å². The van der Waals surface area contributed by atoms with E-state index in [1.54, 1.807) is 32.4 Å². The molecule has 188 valence electrons. The van der Waals surface area contributed by atoms with Gasteiger partial charge in [0.05, 0.1) is 11.0 Å². The molecule has 37 heavy (non-hydrogen) atoms. The summed E-state index contributed by atoms with van der Waals surface area (Å²) in [5.41, 5.74) is 2.10. The van der Waals surface area contributed by atoms with E-state index in [1.807, 2.05) is 42.5 Å². The van der Waals surface area contributed by atoms with Crippen molar-refractivity contribution in [1.29, 1.82) is 0 Å². The number of carbonyl (C=O) groups is 2. The van der Waals surface area contributed by atoms with E-state index in [2.05, 4.69) is 14.5 Å². The van der Waals surface area contributed by atoms with E-state index in [0.717, 1.165) is 22.9 Å². The lowest BCUT2D eigenvalue weighted by Gasteiger charge is -2.12. The number of aldehydes is 1. The molecule has 0 aliphatic heterocycles. The minimum Gasteiger partial charge on any atom is -0.406 e. The number of nitrogens with zero attached hydrogens (tertiary/aromatic N) is 2. The number of hydrogen-bond acceptors (Lipinski definition) is 5. The fourth-order valence-corrected chi connectivity index (χ4v) is 3.90. The average Bonchev–Trinajstić information content (AvgIpc) is 3.26. The molecule has 9 heteroatoms. The molecule has 0 amide bonds. The Morgan fingerprint density at radius 3 is 2.27 bits per heavy atom. The van der Waals surface area contributed by atoms with Crippen molar-refractivity contribution in [3.05, 3.63) is 96.1 Å². The summed E-state index contributed by atoms with van der Waals surface area (Å²) < 4.78 is 47.1. The predicted octanol–water partition coefficient (Wildman–Crippen LogP) is 6.52. The first-order valence-electron chi connectivity index (χ1n) is 11.0. The second-order valence-electron chi connectivity index (χ2n) is 7.95. The van der Waals surface area contributed by atoms with Crippen LogP contribution in [0.25, 0.3) is 33.2 Å². The van der Waals surface area contributed by atoms with Crippen molar-refractivity contribution in [3.8, 4) is 17.1 Å². The van der Waals surface area contributed by atoms with Gasteiger partial charge in [-0.25, -0.2) is 4.98 Å². The Balaban J connectivity index is 0.00000102. The lowest BCUT2D eigenvalue weighted by Crippen LogP contribution is -2.17. The van der Waals surface area contributed by atoms with Gasteiger partial charge in [0.25, 0.3) is 5.91 Å². The average molecular weight is 506 g/mol. The Bertz CT molecular complexity index is 1570. The molecule has 0 unspecified atom stereocenters. The molecule has 0 spiro atoms. The summed E-state index contributed by atoms with van der Waals surface area (Å²) in [6, 6.07) is 22.8. The van der Waals surface area contributed by atoms with E-state index in [0.29, 0.717) is 34.3 Å². The first-order valence-corrected chi connectivity index (χ1v) is 11.0. The number of alkyl halides is 3. The normalized spacial score (nSPS) is 11.2. The molecule has 5 rings (SSSR count). The van der Waals surface area contributed by atoms with Crippen LogP contribution in [-0.4, -0.2) is 42.3 Å². The van der Waals surface area contributed by atoms with Gasteiger partial charge in [0.2, 0.25) is 0 Å². The number of hydrogen-bond donors (Lipinski definition) is 0. The van der Waals surface area contributed by atoms with E-state index < -0.39 is 18.0 Å². The Hall–Kier alpha value is -4.50. The number of carbonyl (C=O) groups excluding carboxylic acids is 2. The lowest BCUT2D eigenvalue weighted by molar-refractivity contribution is -0.274. The third kappa shape index (κ3) is 5.52. The molecule has 0 radical (unpaired) electrons. The fraction of sp³-hybridized carbons (Fsp3) is 0.107. The summed E-state index contributed by atoms with van der Waals surface area (Å²) in [7, 11) is 3.25. The van der Waals surface area contributed by atoms with Crippen LogP contribution in [0.2, 0.25) is 0 Å². The highest BCUT2D eigenvalue weighted by atomic mass is 19.4. The highest BCUT2D eigenvalue weighted by molar-refractivity contribution is 6.07. The molecule has 5 aromatic rings.